The van der Waals surface area contributed by atoms with Gasteiger partial charge in [-0.05, 0) is 55.3 Å². The number of anilines is 2. The van der Waals surface area contributed by atoms with Crippen molar-refractivity contribution in [1.29, 1.82) is 0 Å². The first-order valence-corrected chi connectivity index (χ1v) is 11.3. The maximum Gasteiger partial charge on any atom is 0.223 e. The lowest BCUT2D eigenvalue weighted by Crippen LogP contribution is -2.41. The van der Waals surface area contributed by atoms with E-state index in [1.165, 1.54) is 10.4 Å². The van der Waals surface area contributed by atoms with E-state index in [2.05, 4.69) is 43.7 Å². The Morgan fingerprint density at radius 2 is 1.76 bits per heavy atom. The number of amides is 1. The normalized spacial score (nSPS) is 18.1. The van der Waals surface area contributed by atoms with Crippen LogP contribution in [0.5, 0.6) is 0 Å². The van der Waals surface area contributed by atoms with Gasteiger partial charge in [0.15, 0.2) is 11.6 Å². The Labute approximate surface area is 176 Å². The molecule has 8 heteroatoms. The molecule has 0 unspecified atom stereocenters. The van der Waals surface area contributed by atoms with Gasteiger partial charge < -0.3 is 19.9 Å². The van der Waals surface area contributed by atoms with Crippen molar-refractivity contribution >= 4 is 28.9 Å². The second-order valence-corrected chi connectivity index (χ2v) is 8.68. The SMILES string of the molecule is Cc1ccsc1CCNC(=O)C1CCN(c2ccc(N3CCOCC3)nn2)CC1. The molecule has 2 aliphatic rings. The van der Waals surface area contributed by atoms with Crippen molar-refractivity contribution in [3.8, 4) is 0 Å². The summed E-state index contributed by atoms with van der Waals surface area (Å²) in [4.78, 5) is 18.3. The molecule has 156 valence electrons. The molecular weight excluding hydrogens is 386 g/mol. The van der Waals surface area contributed by atoms with E-state index in [0.29, 0.717) is 0 Å². The first-order valence-electron chi connectivity index (χ1n) is 10.4. The number of nitrogens with zero attached hydrogens (tertiary/aromatic N) is 4. The van der Waals surface area contributed by atoms with Crippen molar-refractivity contribution in [2.24, 2.45) is 5.92 Å². The zero-order valence-corrected chi connectivity index (χ0v) is 17.8. The van der Waals surface area contributed by atoms with Crippen molar-refractivity contribution in [1.82, 2.24) is 15.5 Å². The van der Waals surface area contributed by atoms with Gasteiger partial charge in [-0.3, -0.25) is 4.79 Å². The number of hydrogen-bond acceptors (Lipinski definition) is 7. The van der Waals surface area contributed by atoms with Crippen LogP contribution in [0.3, 0.4) is 0 Å². The largest absolute Gasteiger partial charge is 0.378 e. The van der Waals surface area contributed by atoms with Gasteiger partial charge >= 0.3 is 0 Å². The average molecular weight is 416 g/mol. The van der Waals surface area contributed by atoms with Crippen LogP contribution in [-0.2, 0) is 16.0 Å². The third kappa shape index (κ3) is 5.05. The highest BCUT2D eigenvalue weighted by molar-refractivity contribution is 7.10. The molecule has 4 heterocycles. The summed E-state index contributed by atoms with van der Waals surface area (Å²) in [5.74, 6) is 2.09. The van der Waals surface area contributed by atoms with Crippen molar-refractivity contribution in [3.63, 3.8) is 0 Å². The van der Waals surface area contributed by atoms with Gasteiger partial charge in [0.25, 0.3) is 0 Å². The molecule has 29 heavy (non-hydrogen) atoms. The van der Waals surface area contributed by atoms with E-state index in [0.717, 1.165) is 76.8 Å². The summed E-state index contributed by atoms with van der Waals surface area (Å²) in [6.45, 7) is 7.73. The standard InChI is InChI=1S/C21H29N5O2S/c1-16-7-15-29-18(16)4-8-22-21(27)17-5-9-25(10-6-17)19-2-3-20(24-23-19)26-11-13-28-14-12-26/h2-3,7,15,17H,4-6,8-14H2,1H3,(H,22,27). The third-order valence-electron chi connectivity index (χ3n) is 5.78. The number of piperidine rings is 1. The van der Waals surface area contributed by atoms with Crippen LogP contribution in [0.2, 0.25) is 0 Å². The van der Waals surface area contributed by atoms with E-state index in [1.54, 1.807) is 11.3 Å². The van der Waals surface area contributed by atoms with Crippen LogP contribution in [0.4, 0.5) is 11.6 Å². The molecule has 1 amide bonds. The highest BCUT2D eigenvalue weighted by Gasteiger charge is 2.25. The lowest BCUT2D eigenvalue weighted by Gasteiger charge is -2.32. The summed E-state index contributed by atoms with van der Waals surface area (Å²) < 4.78 is 5.39. The van der Waals surface area contributed by atoms with Crippen LogP contribution < -0.4 is 15.1 Å². The van der Waals surface area contributed by atoms with Crippen LogP contribution in [0.25, 0.3) is 0 Å². The topological polar surface area (TPSA) is 70.6 Å². The van der Waals surface area contributed by atoms with Gasteiger partial charge in [0.2, 0.25) is 5.91 Å². The first-order chi connectivity index (χ1) is 14.2. The number of morpholine rings is 1. The molecule has 0 radical (unpaired) electrons. The number of thiophene rings is 1. The van der Waals surface area contributed by atoms with Crippen LogP contribution >= 0.6 is 11.3 Å². The van der Waals surface area contributed by atoms with Crippen LogP contribution in [0.1, 0.15) is 23.3 Å². The fourth-order valence-corrected chi connectivity index (χ4v) is 4.83. The zero-order chi connectivity index (χ0) is 20.1. The Morgan fingerprint density at radius 1 is 1.10 bits per heavy atom. The van der Waals surface area contributed by atoms with Gasteiger partial charge in [-0.2, -0.15) is 0 Å². The number of rotatable bonds is 6. The number of ether oxygens (including phenoxy) is 1. The predicted octanol–water partition coefficient (Wildman–Crippen LogP) is 2.26. The number of carbonyl (C=O) groups is 1. The molecule has 2 aliphatic heterocycles. The monoisotopic (exact) mass is 415 g/mol. The van der Waals surface area contributed by atoms with E-state index in [9.17, 15) is 4.79 Å². The van der Waals surface area contributed by atoms with E-state index in [-0.39, 0.29) is 11.8 Å². The summed E-state index contributed by atoms with van der Waals surface area (Å²) in [6, 6.07) is 6.22. The summed E-state index contributed by atoms with van der Waals surface area (Å²) in [7, 11) is 0. The van der Waals surface area contributed by atoms with Gasteiger partial charge in [-0.25, -0.2) is 0 Å². The molecule has 4 rings (SSSR count). The second-order valence-electron chi connectivity index (χ2n) is 7.68. The number of carbonyl (C=O) groups excluding carboxylic acids is 1. The Morgan fingerprint density at radius 3 is 2.34 bits per heavy atom. The quantitative estimate of drug-likeness (QED) is 0.780. The van der Waals surface area contributed by atoms with Crippen molar-refractivity contribution in [2.45, 2.75) is 26.2 Å². The molecular formula is C21H29N5O2S. The molecule has 2 saturated heterocycles. The minimum atomic E-state index is 0.0938. The van der Waals surface area contributed by atoms with Gasteiger partial charge in [-0.15, -0.1) is 21.5 Å². The number of aromatic nitrogens is 2. The van der Waals surface area contributed by atoms with E-state index >= 15 is 0 Å². The van der Waals surface area contributed by atoms with Gasteiger partial charge in [0.1, 0.15) is 0 Å². The highest BCUT2D eigenvalue weighted by Crippen LogP contribution is 2.23. The van der Waals surface area contributed by atoms with E-state index in [4.69, 9.17) is 4.74 Å². The molecule has 2 fully saturated rings. The lowest BCUT2D eigenvalue weighted by atomic mass is 9.96. The smallest absolute Gasteiger partial charge is 0.223 e. The van der Waals surface area contributed by atoms with Gasteiger partial charge in [-0.1, -0.05) is 0 Å². The summed E-state index contributed by atoms with van der Waals surface area (Å²) in [5, 5.41) is 14.1. The highest BCUT2D eigenvalue weighted by atomic mass is 32.1. The third-order valence-corrected chi connectivity index (χ3v) is 6.86. The van der Waals surface area contributed by atoms with Gasteiger partial charge in [0.05, 0.1) is 13.2 Å². The Bertz CT molecular complexity index is 796. The number of hydrogen-bond donors (Lipinski definition) is 1. The molecule has 0 aromatic carbocycles. The van der Waals surface area contributed by atoms with Gasteiger partial charge in [0, 0.05) is 43.5 Å². The fourth-order valence-electron chi connectivity index (χ4n) is 3.92. The minimum Gasteiger partial charge on any atom is -0.378 e. The Hall–Kier alpha value is -2.19. The molecule has 0 bridgehead atoms. The minimum absolute atomic E-state index is 0.0938. The van der Waals surface area contributed by atoms with Crippen molar-refractivity contribution in [2.75, 3.05) is 55.7 Å². The van der Waals surface area contributed by atoms with Crippen LogP contribution in [0.15, 0.2) is 23.6 Å². The van der Waals surface area contributed by atoms with E-state index < -0.39 is 0 Å². The lowest BCUT2D eigenvalue weighted by molar-refractivity contribution is -0.125. The van der Waals surface area contributed by atoms with Crippen LogP contribution in [0, 0.1) is 12.8 Å². The number of nitrogens with one attached hydrogen (secondary N) is 1. The first kappa shape index (κ1) is 20.1. The predicted molar refractivity (Wildman–Crippen MR) is 116 cm³/mol. The van der Waals surface area contributed by atoms with E-state index in [1.807, 2.05) is 12.1 Å². The maximum atomic E-state index is 12.5. The Balaban J connectivity index is 1.22. The molecule has 1 N–H and O–H groups in total. The summed E-state index contributed by atoms with van der Waals surface area (Å²) in [6.07, 6.45) is 2.63. The second kappa shape index (κ2) is 9.54. The molecule has 0 aliphatic carbocycles. The molecule has 0 atom stereocenters. The Kier molecular flexibility index (Phi) is 6.61. The summed E-state index contributed by atoms with van der Waals surface area (Å²) >= 11 is 1.76. The van der Waals surface area contributed by atoms with Crippen LogP contribution in [-0.4, -0.2) is 62.0 Å². The molecule has 0 saturated carbocycles. The fraction of sp³-hybridized carbons (Fsp3) is 0.571. The van der Waals surface area contributed by atoms with Crippen molar-refractivity contribution in [3.05, 3.63) is 34.0 Å². The molecule has 2 aromatic heterocycles. The molecule has 0 spiro atoms. The zero-order valence-electron chi connectivity index (χ0n) is 17.0. The molecule has 7 nitrogen and oxygen atoms in total. The summed E-state index contributed by atoms with van der Waals surface area (Å²) in [5.41, 5.74) is 1.32. The number of aryl methyl sites for hydroxylation is 1. The molecule has 2 aromatic rings. The average Bonchev–Trinajstić information content (AvgIpc) is 3.19. The maximum absolute atomic E-state index is 12.5. The van der Waals surface area contributed by atoms with Crippen molar-refractivity contribution < 1.29 is 9.53 Å².